The number of hydrogen-bond donors (Lipinski definition) is 2. The quantitative estimate of drug-likeness (QED) is 0.737. The highest BCUT2D eigenvalue weighted by Crippen LogP contribution is 2.39. The first-order valence-electron chi connectivity index (χ1n) is 9.48. The van der Waals surface area contributed by atoms with Crippen molar-refractivity contribution in [1.29, 1.82) is 0 Å². The molecule has 2 N–H and O–H groups in total. The molecular weight excluding hydrogens is 382 g/mol. The van der Waals surface area contributed by atoms with Gasteiger partial charge in [-0.05, 0) is 45.7 Å². The molecule has 7 nitrogen and oxygen atoms in total. The first-order valence-corrected chi connectivity index (χ1v) is 9.86. The van der Waals surface area contributed by atoms with Gasteiger partial charge in [0, 0.05) is 30.8 Å². The minimum Gasteiger partial charge on any atom is -0.508 e. The Morgan fingerprint density at radius 2 is 2.00 bits per heavy atom. The van der Waals surface area contributed by atoms with E-state index in [1.807, 2.05) is 18.5 Å². The minimum atomic E-state index is -1.06. The normalized spacial score (nSPS) is 16.4. The molecule has 0 aliphatic carbocycles. The van der Waals surface area contributed by atoms with Gasteiger partial charge in [0.25, 0.3) is 0 Å². The van der Waals surface area contributed by atoms with Crippen molar-refractivity contribution in [3.05, 3.63) is 40.5 Å². The highest BCUT2D eigenvalue weighted by molar-refractivity contribution is 6.31. The van der Waals surface area contributed by atoms with Crippen LogP contribution in [-0.2, 0) is 10.3 Å². The van der Waals surface area contributed by atoms with Gasteiger partial charge in [-0.15, -0.1) is 0 Å². The number of phenols is 1. The van der Waals surface area contributed by atoms with E-state index in [0.717, 1.165) is 5.82 Å². The number of carbonyl (C=O) groups excluding carboxylic acids is 1. The number of aromatic nitrogens is 2. The van der Waals surface area contributed by atoms with Crippen LogP contribution in [-0.4, -0.2) is 45.7 Å². The Morgan fingerprint density at radius 3 is 2.57 bits per heavy atom. The molecule has 0 radical (unpaired) electrons. The number of halogens is 1. The van der Waals surface area contributed by atoms with Crippen molar-refractivity contribution in [2.24, 2.45) is 0 Å². The predicted molar refractivity (Wildman–Crippen MR) is 107 cm³/mol. The number of rotatable bonds is 5. The number of carbonyl (C=O) groups is 1. The third-order valence-corrected chi connectivity index (χ3v) is 5.37. The molecule has 1 aliphatic rings. The second-order valence-electron chi connectivity index (χ2n) is 7.33. The summed E-state index contributed by atoms with van der Waals surface area (Å²) in [6, 6.07) is 6.47. The zero-order valence-electron chi connectivity index (χ0n) is 16.4. The van der Waals surface area contributed by atoms with E-state index in [4.69, 9.17) is 16.3 Å². The Kier molecular flexibility index (Phi) is 5.86. The van der Waals surface area contributed by atoms with Crippen LogP contribution >= 0.6 is 11.6 Å². The first-order chi connectivity index (χ1) is 13.2. The molecular formula is C20H26ClN3O4. The molecule has 3 rings (SSSR count). The lowest BCUT2D eigenvalue weighted by molar-refractivity contribution is 0.0115. The van der Waals surface area contributed by atoms with Gasteiger partial charge in [0.15, 0.2) is 5.69 Å². The Bertz CT molecular complexity index is 857. The van der Waals surface area contributed by atoms with Gasteiger partial charge in [-0.3, -0.25) is 0 Å². The second-order valence-corrected chi connectivity index (χ2v) is 7.74. The zero-order chi connectivity index (χ0) is 20.5. The average molecular weight is 408 g/mol. The summed E-state index contributed by atoms with van der Waals surface area (Å²) in [5.41, 5.74) is -0.155. The summed E-state index contributed by atoms with van der Waals surface area (Å²) < 4.78 is 6.88. The van der Waals surface area contributed by atoms with Crippen LogP contribution in [0.3, 0.4) is 0 Å². The molecule has 0 unspecified atom stereocenters. The molecule has 28 heavy (non-hydrogen) atoms. The number of nitrogens with zero attached hydrogens (tertiary/aromatic N) is 3. The summed E-state index contributed by atoms with van der Waals surface area (Å²) >= 11 is 6.24. The lowest BCUT2D eigenvalue weighted by Crippen LogP contribution is -2.43. The highest BCUT2D eigenvalue weighted by atomic mass is 35.5. The van der Waals surface area contributed by atoms with E-state index in [0.29, 0.717) is 43.1 Å². The van der Waals surface area contributed by atoms with Crippen molar-refractivity contribution >= 4 is 23.4 Å². The molecule has 2 aromatic rings. The summed E-state index contributed by atoms with van der Waals surface area (Å²) in [5, 5.41) is 25.5. The lowest BCUT2D eigenvalue weighted by Gasteiger charge is -2.40. The van der Waals surface area contributed by atoms with Crippen LogP contribution < -0.4 is 4.90 Å². The average Bonchev–Trinajstić information content (AvgIpc) is 3.08. The number of piperidine rings is 1. The largest absolute Gasteiger partial charge is 0.508 e. The van der Waals surface area contributed by atoms with E-state index in [-0.39, 0.29) is 17.5 Å². The van der Waals surface area contributed by atoms with Gasteiger partial charge in [0.1, 0.15) is 11.6 Å². The van der Waals surface area contributed by atoms with Gasteiger partial charge >= 0.3 is 5.97 Å². The van der Waals surface area contributed by atoms with E-state index >= 15 is 0 Å². The Balaban J connectivity index is 1.81. The van der Waals surface area contributed by atoms with Crippen molar-refractivity contribution in [3.63, 3.8) is 0 Å². The lowest BCUT2D eigenvalue weighted by atomic mass is 9.84. The molecule has 1 aliphatic heterocycles. The minimum absolute atomic E-state index is 0.0714. The molecule has 1 saturated heterocycles. The van der Waals surface area contributed by atoms with Crippen LogP contribution in [0.25, 0.3) is 0 Å². The van der Waals surface area contributed by atoms with E-state index in [2.05, 4.69) is 10.00 Å². The van der Waals surface area contributed by atoms with Gasteiger partial charge < -0.3 is 19.8 Å². The summed E-state index contributed by atoms with van der Waals surface area (Å²) in [5.74, 6) is 0.464. The molecule has 0 spiro atoms. The number of hydrogen-bond acceptors (Lipinski definition) is 6. The third-order valence-electron chi connectivity index (χ3n) is 5.06. The topological polar surface area (TPSA) is 87.8 Å². The predicted octanol–water partition coefficient (Wildman–Crippen LogP) is 3.49. The molecule has 1 fully saturated rings. The van der Waals surface area contributed by atoms with Crippen molar-refractivity contribution in [2.75, 3.05) is 24.6 Å². The van der Waals surface area contributed by atoms with Crippen LogP contribution in [0.15, 0.2) is 24.3 Å². The number of benzene rings is 1. The highest BCUT2D eigenvalue weighted by Gasteiger charge is 2.37. The maximum Gasteiger partial charge on any atom is 0.358 e. The first kappa shape index (κ1) is 20.5. The second kappa shape index (κ2) is 8.01. The molecule has 0 amide bonds. The fourth-order valence-corrected chi connectivity index (χ4v) is 3.91. The van der Waals surface area contributed by atoms with Crippen molar-refractivity contribution in [1.82, 2.24) is 9.78 Å². The van der Waals surface area contributed by atoms with Crippen molar-refractivity contribution in [3.8, 4) is 5.75 Å². The van der Waals surface area contributed by atoms with Gasteiger partial charge in [-0.1, -0.05) is 17.7 Å². The molecule has 0 atom stereocenters. The van der Waals surface area contributed by atoms with Gasteiger partial charge in [-0.2, -0.15) is 5.10 Å². The summed E-state index contributed by atoms with van der Waals surface area (Å²) in [6.07, 6.45) is 0.936. The summed E-state index contributed by atoms with van der Waals surface area (Å²) in [7, 11) is 0. The molecule has 0 bridgehead atoms. The monoisotopic (exact) mass is 407 g/mol. The van der Waals surface area contributed by atoms with Gasteiger partial charge in [-0.25, -0.2) is 9.48 Å². The molecule has 8 heteroatoms. The van der Waals surface area contributed by atoms with Gasteiger partial charge in [0.05, 0.1) is 17.2 Å². The van der Waals surface area contributed by atoms with E-state index in [9.17, 15) is 15.0 Å². The van der Waals surface area contributed by atoms with Crippen LogP contribution in [0.5, 0.6) is 5.75 Å². The van der Waals surface area contributed by atoms with Crippen molar-refractivity contribution < 1.29 is 19.7 Å². The fourth-order valence-electron chi connectivity index (χ4n) is 3.56. The van der Waals surface area contributed by atoms with E-state index in [1.165, 1.54) is 12.1 Å². The van der Waals surface area contributed by atoms with E-state index in [1.54, 1.807) is 19.1 Å². The summed E-state index contributed by atoms with van der Waals surface area (Å²) in [4.78, 5) is 14.2. The molecule has 152 valence electrons. The van der Waals surface area contributed by atoms with E-state index < -0.39 is 11.6 Å². The zero-order valence-corrected chi connectivity index (χ0v) is 17.1. The Morgan fingerprint density at radius 1 is 1.32 bits per heavy atom. The molecule has 0 saturated carbocycles. The number of ether oxygens (including phenoxy) is 1. The molecule has 2 heterocycles. The molecule has 1 aromatic heterocycles. The molecule has 1 aromatic carbocycles. The fraction of sp³-hybridized carbons (Fsp3) is 0.500. The number of aliphatic hydroxyl groups is 1. The van der Waals surface area contributed by atoms with Crippen LogP contribution in [0.4, 0.5) is 5.82 Å². The van der Waals surface area contributed by atoms with Crippen LogP contribution in [0.1, 0.15) is 55.7 Å². The van der Waals surface area contributed by atoms with Crippen molar-refractivity contribution in [2.45, 2.75) is 45.3 Å². The maximum atomic E-state index is 12.1. The number of anilines is 1. The third kappa shape index (κ3) is 3.95. The number of esters is 1. The van der Waals surface area contributed by atoms with Crippen LogP contribution in [0.2, 0.25) is 5.02 Å². The number of phenolic OH excluding ortho intramolecular Hbond substituents is 1. The SMILES string of the molecule is CCOC(=O)c1cc(N2CCC(O)(c3ccc(O)cc3Cl)CC2)n(C(C)C)n1. The Hall–Kier alpha value is -2.25. The number of aromatic hydroxyl groups is 1. The van der Waals surface area contributed by atoms with Gasteiger partial charge in [0.2, 0.25) is 0 Å². The Labute approximate surface area is 169 Å². The standard InChI is InChI=1S/C20H26ClN3O4/c1-4-28-19(26)17-12-18(24(22-17)13(2)3)23-9-7-20(27,8-10-23)15-6-5-14(25)11-16(15)21/h5-6,11-13,25,27H,4,7-10H2,1-3H3. The summed E-state index contributed by atoms with van der Waals surface area (Å²) in [6.45, 7) is 7.22. The smallest absolute Gasteiger partial charge is 0.358 e. The van der Waals surface area contributed by atoms with Crippen LogP contribution in [0, 0.1) is 0 Å². The maximum absolute atomic E-state index is 12.1.